The molecule has 0 bridgehead atoms. The highest BCUT2D eigenvalue weighted by Gasteiger charge is 2.49. The number of nitrogens with one attached hydrogen (secondary N) is 3. The van der Waals surface area contributed by atoms with Gasteiger partial charge in [-0.2, -0.15) is 13.2 Å². The Morgan fingerprint density at radius 1 is 1.05 bits per heavy atom. The van der Waals surface area contributed by atoms with E-state index in [1.54, 1.807) is 0 Å². The first kappa shape index (κ1) is 29.3. The summed E-state index contributed by atoms with van der Waals surface area (Å²) in [5, 5.41) is 10.3. The third-order valence-corrected chi connectivity index (χ3v) is 9.52. The van der Waals surface area contributed by atoms with Gasteiger partial charge in [-0.1, -0.05) is 19.3 Å². The van der Waals surface area contributed by atoms with Gasteiger partial charge >= 0.3 is 6.18 Å². The van der Waals surface area contributed by atoms with Crippen LogP contribution in [-0.2, 0) is 4.79 Å². The van der Waals surface area contributed by atoms with E-state index in [2.05, 4.69) is 20.9 Å². The molecule has 1 amide bonds. The fourth-order valence-electron chi connectivity index (χ4n) is 7.26. The van der Waals surface area contributed by atoms with E-state index >= 15 is 0 Å². The summed E-state index contributed by atoms with van der Waals surface area (Å²) >= 11 is 6.55. The Morgan fingerprint density at radius 3 is 2.41 bits per heavy atom. The zero-order chi connectivity index (χ0) is 26.6. The van der Waals surface area contributed by atoms with Crippen molar-refractivity contribution in [3.05, 3.63) is 0 Å². The first-order valence-electron chi connectivity index (χ1n) is 14.0. The molecular weight excluding hydrogens is 507 g/mol. The summed E-state index contributed by atoms with van der Waals surface area (Å²) in [7, 11) is 0. The largest absolute Gasteiger partial charge is 0.401 e. The van der Waals surface area contributed by atoms with Crippen molar-refractivity contribution in [3.63, 3.8) is 0 Å². The average molecular weight is 552 g/mol. The number of hydrogen-bond acceptors (Lipinski definition) is 7. The normalized spacial score (nSPS) is 33.3. The van der Waals surface area contributed by atoms with Crippen LogP contribution < -0.4 is 27.4 Å². The molecule has 4 aliphatic rings. The van der Waals surface area contributed by atoms with Gasteiger partial charge in [-0.3, -0.25) is 14.6 Å². The standard InChI is InChI=1S/C25H45ClF3N7O/c26-17-4-8-24(6-2-1-3-7-24)21(33-14-17)20(22(30)31)23(37)34-18-15-32-9-5-19(18)36-12-10-35(11-13-36)16-25(27,28)29/h17-22,32-33H,1-16,30-31H2,(H,34,37). The predicted molar refractivity (Wildman–Crippen MR) is 139 cm³/mol. The van der Waals surface area contributed by atoms with Crippen LogP contribution in [0.25, 0.3) is 0 Å². The van der Waals surface area contributed by atoms with Gasteiger partial charge in [0.1, 0.15) is 0 Å². The summed E-state index contributed by atoms with van der Waals surface area (Å²) in [5.41, 5.74) is 12.6. The lowest BCUT2D eigenvalue weighted by Gasteiger charge is -2.48. The Labute approximate surface area is 223 Å². The molecule has 214 valence electrons. The van der Waals surface area contributed by atoms with Gasteiger partial charge in [-0.25, -0.2) is 0 Å². The molecule has 4 fully saturated rings. The number of hydrogen-bond donors (Lipinski definition) is 5. The lowest BCUT2D eigenvalue weighted by molar-refractivity contribution is -0.150. The smallest absolute Gasteiger partial charge is 0.350 e. The highest BCUT2D eigenvalue weighted by Crippen LogP contribution is 2.47. The number of carbonyl (C=O) groups excluding carboxylic acids is 1. The van der Waals surface area contributed by atoms with Gasteiger partial charge in [0.25, 0.3) is 0 Å². The predicted octanol–water partition coefficient (Wildman–Crippen LogP) is 1.18. The molecule has 5 atom stereocenters. The number of amides is 1. The van der Waals surface area contributed by atoms with Crippen LogP contribution in [0.3, 0.4) is 0 Å². The van der Waals surface area contributed by atoms with Crippen molar-refractivity contribution in [2.75, 3.05) is 52.4 Å². The van der Waals surface area contributed by atoms with Gasteiger partial charge in [0, 0.05) is 56.7 Å². The number of rotatable bonds is 6. The van der Waals surface area contributed by atoms with E-state index in [4.69, 9.17) is 23.1 Å². The molecule has 4 rings (SSSR count). The van der Waals surface area contributed by atoms with E-state index in [-0.39, 0.29) is 34.8 Å². The maximum absolute atomic E-state index is 13.9. The van der Waals surface area contributed by atoms with E-state index in [9.17, 15) is 18.0 Å². The Kier molecular flexibility index (Phi) is 10.0. The highest BCUT2D eigenvalue weighted by molar-refractivity contribution is 6.20. The molecule has 12 heteroatoms. The van der Waals surface area contributed by atoms with Crippen LogP contribution in [0.2, 0.25) is 0 Å². The van der Waals surface area contributed by atoms with Crippen molar-refractivity contribution in [1.82, 2.24) is 25.8 Å². The van der Waals surface area contributed by atoms with Gasteiger partial charge < -0.3 is 27.4 Å². The molecule has 0 aromatic carbocycles. The molecule has 1 aliphatic carbocycles. The monoisotopic (exact) mass is 551 g/mol. The number of halogens is 4. The van der Waals surface area contributed by atoms with E-state index in [1.165, 1.54) is 11.3 Å². The lowest BCUT2D eigenvalue weighted by Crippen LogP contribution is -2.66. The van der Waals surface area contributed by atoms with E-state index in [1.807, 2.05) is 0 Å². The zero-order valence-electron chi connectivity index (χ0n) is 21.7. The van der Waals surface area contributed by atoms with Gasteiger partial charge in [-0.05, 0) is 44.1 Å². The minimum absolute atomic E-state index is 0.0180. The summed E-state index contributed by atoms with van der Waals surface area (Å²) < 4.78 is 38.5. The molecule has 1 saturated carbocycles. The van der Waals surface area contributed by atoms with Crippen molar-refractivity contribution in [1.29, 1.82) is 0 Å². The molecule has 37 heavy (non-hydrogen) atoms. The van der Waals surface area contributed by atoms with Crippen molar-refractivity contribution < 1.29 is 18.0 Å². The number of nitrogens with two attached hydrogens (primary N) is 2. The lowest BCUT2D eigenvalue weighted by atomic mass is 9.63. The molecular formula is C25H45ClF3N7O. The van der Waals surface area contributed by atoms with Crippen LogP contribution in [0.15, 0.2) is 0 Å². The van der Waals surface area contributed by atoms with Gasteiger partial charge in [0.2, 0.25) is 5.91 Å². The first-order chi connectivity index (χ1) is 17.6. The molecule has 8 nitrogen and oxygen atoms in total. The Morgan fingerprint density at radius 2 is 1.76 bits per heavy atom. The zero-order valence-corrected chi connectivity index (χ0v) is 22.5. The molecule has 1 spiro atoms. The molecule has 0 radical (unpaired) electrons. The van der Waals surface area contributed by atoms with Gasteiger partial charge in [0.15, 0.2) is 0 Å². The first-order valence-corrected chi connectivity index (χ1v) is 14.4. The molecule has 0 aromatic heterocycles. The number of nitrogens with zero attached hydrogens (tertiary/aromatic N) is 2. The summed E-state index contributed by atoms with van der Waals surface area (Å²) in [6.07, 6.45) is 3.25. The van der Waals surface area contributed by atoms with E-state index in [0.717, 1.165) is 51.5 Å². The fraction of sp³-hybridized carbons (Fsp3) is 0.960. The second-order valence-electron chi connectivity index (χ2n) is 11.7. The topological polar surface area (TPSA) is 112 Å². The van der Waals surface area contributed by atoms with Crippen LogP contribution in [0.5, 0.6) is 0 Å². The summed E-state index contributed by atoms with van der Waals surface area (Å²) in [5.74, 6) is -0.730. The van der Waals surface area contributed by atoms with Gasteiger partial charge in [-0.15, -0.1) is 11.6 Å². The molecule has 3 aliphatic heterocycles. The van der Waals surface area contributed by atoms with E-state index < -0.39 is 24.8 Å². The van der Waals surface area contributed by atoms with E-state index in [0.29, 0.717) is 39.3 Å². The van der Waals surface area contributed by atoms with Crippen molar-refractivity contribution >= 4 is 17.5 Å². The number of alkyl halides is 4. The second-order valence-corrected chi connectivity index (χ2v) is 12.3. The molecule has 5 unspecified atom stereocenters. The third-order valence-electron chi connectivity index (χ3n) is 9.15. The Hall–Kier alpha value is -0.690. The minimum Gasteiger partial charge on any atom is -0.350 e. The van der Waals surface area contributed by atoms with Crippen LogP contribution in [0.1, 0.15) is 51.4 Å². The second kappa shape index (κ2) is 12.7. The number of piperazine rings is 1. The Balaban J connectivity index is 1.45. The van der Waals surface area contributed by atoms with Crippen molar-refractivity contribution in [2.24, 2.45) is 22.8 Å². The highest BCUT2D eigenvalue weighted by atomic mass is 35.5. The number of piperidine rings is 1. The molecule has 7 N–H and O–H groups in total. The summed E-state index contributed by atoms with van der Waals surface area (Å²) in [6.45, 7) is 3.02. The molecule has 3 saturated heterocycles. The van der Waals surface area contributed by atoms with Crippen LogP contribution in [0.4, 0.5) is 13.2 Å². The van der Waals surface area contributed by atoms with Crippen LogP contribution in [-0.4, -0.2) is 104 Å². The SMILES string of the molecule is NC(N)C(C(=O)NC1CNCCC1N1CCN(CC(F)(F)F)CC1)C1NCC(Cl)CCC12CCCCC2. The van der Waals surface area contributed by atoms with Crippen molar-refractivity contribution in [3.8, 4) is 0 Å². The average Bonchev–Trinajstić information content (AvgIpc) is 2.99. The Bertz CT molecular complexity index is 744. The van der Waals surface area contributed by atoms with Crippen LogP contribution >= 0.6 is 11.6 Å². The maximum atomic E-state index is 13.9. The van der Waals surface area contributed by atoms with Crippen LogP contribution in [0, 0.1) is 11.3 Å². The molecule has 0 aromatic rings. The van der Waals surface area contributed by atoms with Gasteiger partial charge in [0.05, 0.1) is 24.7 Å². The third kappa shape index (κ3) is 7.49. The summed E-state index contributed by atoms with van der Waals surface area (Å²) in [6, 6.07) is -0.242. The number of carbonyl (C=O) groups is 1. The fourth-order valence-corrected chi connectivity index (χ4v) is 7.46. The quantitative estimate of drug-likeness (QED) is 0.249. The maximum Gasteiger partial charge on any atom is 0.401 e. The molecule has 3 heterocycles. The minimum atomic E-state index is -4.19. The van der Waals surface area contributed by atoms with Crippen molar-refractivity contribution in [2.45, 2.75) is 87.2 Å². The summed E-state index contributed by atoms with van der Waals surface area (Å²) in [4.78, 5) is 17.6.